The molecule has 3 aromatic rings. The molecule has 0 amide bonds. The molecule has 11 heteroatoms. The number of ether oxygens (including phenoxy) is 10. The van der Waals surface area contributed by atoms with Crippen molar-refractivity contribution in [3.05, 3.63) is 96.1 Å². The quantitative estimate of drug-likeness (QED) is 0.165. The van der Waals surface area contributed by atoms with E-state index in [0.29, 0.717) is 44.6 Å². The molecule has 0 unspecified atom stereocenters. The van der Waals surface area contributed by atoms with Gasteiger partial charge < -0.3 is 47.4 Å². The van der Waals surface area contributed by atoms with Crippen molar-refractivity contribution in [2.75, 3.05) is 7.11 Å². The summed E-state index contributed by atoms with van der Waals surface area (Å²) in [6.07, 6.45) is -2.65. The Morgan fingerprint density at radius 3 is 1.83 bits per heavy atom. The third kappa shape index (κ3) is 10.5. The van der Waals surface area contributed by atoms with Crippen LogP contribution in [0, 0.1) is 0 Å². The molecule has 282 valence electrons. The van der Waals surface area contributed by atoms with Crippen LogP contribution in [0.4, 0.5) is 0 Å². The summed E-state index contributed by atoms with van der Waals surface area (Å²) in [5.41, 5.74) is 2.11. The van der Waals surface area contributed by atoms with E-state index in [0.717, 1.165) is 16.9 Å². The van der Waals surface area contributed by atoms with Crippen LogP contribution >= 0.6 is 0 Å². The van der Waals surface area contributed by atoms with Gasteiger partial charge in [0.05, 0.1) is 50.8 Å². The van der Waals surface area contributed by atoms with Crippen molar-refractivity contribution in [2.24, 2.45) is 0 Å². The number of hydrogen-bond acceptors (Lipinski definition) is 11. The molecule has 11 atom stereocenters. The first-order valence-electron chi connectivity index (χ1n) is 18.3. The van der Waals surface area contributed by atoms with Crippen molar-refractivity contribution >= 4 is 5.97 Å². The fourth-order valence-corrected chi connectivity index (χ4v) is 7.02. The maximum Gasteiger partial charge on any atom is 0.302 e. The van der Waals surface area contributed by atoms with E-state index in [9.17, 15) is 4.79 Å². The highest BCUT2D eigenvalue weighted by atomic mass is 16.7. The maximum atomic E-state index is 11.6. The molecule has 3 saturated heterocycles. The van der Waals surface area contributed by atoms with Crippen LogP contribution < -0.4 is 9.47 Å². The van der Waals surface area contributed by atoms with Crippen molar-refractivity contribution in [1.82, 2.24) is 0 Å². The predicted molar refractivity (Wildman–Crippen MR) is 190 cm³/mol. The summed E-state index contributed by atoms with van der Waals surface area (Å²) in [4.78, 5) is 11.6. The number of carbonyl (C=O) groups is 1. The number of hydrogen-bond donors (Lipinski definition) is 0. The van der Waals surface area contributed by atoms with Gasteiger partial charge in [0.2, 0.25) is 6.29 Å². The Morgan fingerprint density at radius 2 is 1.19 bits per heavy atom. The number of benzene rings is 3. The van der Waals surface area contributed by atoms with Gasteiger partial charge in [-0.15, -0.1) is 0 Å². The molecule has 0 aromatic heterocycles. The second kappa shape index (κ2) is 18.5. The summed E-state index contributed by atoms with van der Waals surface area (Å²) >= 11 is 0. The van der Waals surface area contributed by atoms with Gasteiger partial charge in [0.25, 0.3) is 0 Å². The molecular weight excluding hydrogens is 668 g/mol. The smallest absolute Gasteiger partial charge is 0.302 e. The Kier molecular flexibility index (Phi) is 13.6. The van der Waals surface area contributed by atoms with Crippen LogP contribution in [0.5, 0.6) is 11.5 Å². The molecule has 6 rings (SSSR count). The van der Waals surface area contributed by atoms with Crippen LogP contribution in [0.3, 0.4) is 0 Å². The van der Waals surface area contributed by atoms with Gasteiger partial charge in [-0.2, -0.15) is 0 Å². The first kappa shape index (κ1) is 38.2. The Morgan fingerprint density at radius 1 is 0.615 bits per heavy atom. The highest BCUT2D eigenvalue weighted by molar-refractivity contribution is 5.66. The van der Waals surface area contributed by atoms with E-state index in [1.165, 1.54) is 6.92 Å². The van der Waals surface area contributed by atoms with Gasteiger partial charge in [-0.25, -0.2) is 0 Å². The topological polar surface area (TPSA) is 109 Å². The maximum absolute atomic E-state index is 11.6. The summed E-state index contributed by atoms with van der Waals surface area (Å²) in [5.74, 6) is 1.09. The standard InChI is InChI=1S/C41H52O11/c1-26-34(49-29(4)42)20-21-37(46-26)51-36-23-39(47-27(2)40(36)45-25-31-14-10-7-11-15-31)52-41-28(3)48-38(50-33-18-16-32(43-5)17-19-33)22-35(41)44-24-30-12-8-6-9-13-30/h6-19,26-28,34-41H,20-25H2,1-5H3/t26-,27+,28+,34-,35+,36+,37-,38-,39-,40+,41+/m0/s1. The van der Waals surface area contributed by atoms with Crippen LogP contribution in [0.2, 0.25) is 0 Å². The summed E-state index contributed by atoms with van der Waals surface area (Å²) in [6.45, 7) is 8.07. The molecule has 0 radical (unpaired) electrons. The lowest BCUT2D eigenvalue weighted by molar-refractivity contribution is -0.331. The molecule has 0 aliphatic carbocycles. The average molecular weight is 721 g/mol. The van der Waals surface area contributed by atoms with Crippen molar-refractivity contribution in [3.8, 4) is 11.5 Å². The summed E-state index contributed by atoms with van der Waals surface area (Å²) < 4.78 is 62.6. The zero-order valence-electron chi connectivity index (χ0n) is 30.7. The van der Waals surface area contributed by atoms with Crippen LogP contribution in [-0.2, 0) is 55.9 Å². The fourth-order valence-electron chi connectivity index (χ4n) is 7.02. The SMILES string of the molecule is COc1ccc(O[C@H]2C[C@@H](OCc3ccccc3)[C@H](O[C@H]3C[C@@H](O[C@H]4CC[C@H](OC(C)=O)[C@H](C)O4)[C@H](OCc4ccccc4)[C@@H](C)O3)[C@@H](C)O2)cc1. The van der Waals surface area contributed by atoms with E-state index in [2.05, 4.69) is 0 Å². The van der Waals surface area contributed by atoms with Crippen LogP contribution in [-0.4, -0.2) is 80.8 Å². The fraction of sp³-hybridized carbons (Fsp3) is 0.537. The average Bonchev–Trinajstić information content (AvgIpc) is 3.14. The Labute approximate surface area is 306 Å². The minimum Gasteiger partial charge on any atom is -0.497 e. The van der Waals surface area contributed by atoms with Crippen molar-refractivity contribution in [1.29, 1.82) is 0 Å². The molecule has 11 nitrogen and oxygen atoms in total. The van der Waals surface area contributed by atoms with Gasteiger partial charge in [-0.05, 0) is 62.6 Å². The zero-order valence-corrected chi connectivity index (χ0v) is 30.7. The predicted octanol–water partition coefficient (Wildman–Crippen LogP) is 6.74. The second-order valence-corrected chi connectivity index (χ2v) is 13.7. The number of esters is 1. The van der Waals surface area contributed by atoms with E-state index in [1.54, 1.807) is 7.11 Å². The summed E-state index contributed by atoms with van der Waals surface area (Å²) in [6, 6.07) is 27.5. The van der Waals surface area contributed by atoms with Crippen molar-refractivity contribution in [3.63, 3.8) is 0 Å². The largest absolute Gasteiger partial charge is 0.497 e. The van der Waals surface area contributed by atoms with Crippen molar-refractivity contribution < 1.29 is 52.2 Å². The van der Waals surface area contributed by atoms with Crippen LogP contribution in [0.1, 0.15) is 64.5 Å². The van der Waals surface area contributed by atoms with Gasteiger partial charge in [0, 0.05) is 26.2 Å². The minimum absolute atomic E-state index is 0.313. The molecule has 0 bridgehead atoms. The molecule has 3 heterocycles. The summed E-state index contributed by atoms with van der Waals surface area (Å²) in [7, 11) is 1.63. The van der Waals surface area contributed by atoms with E-state index >= 15 is 0 Å². The van der Waals surface area contributed by atoms with E-state index in [4.69, 9.17) is 47.4 Å². The molecule has 52 heavy (non-hydrogen) atoms. The first-order chi connectivity index (χ1) is 25.2. The molecular formula is C41H52O11. The van der Waals surface area contributed by atoms with Gasteiger partial charge in [0.1, 0.15) is 29.8 Å². The Bertz CT molecular complexity index is 1510. The monoisotopic (exact) mass is 720 g/mol. The lowest BCUT2D eigenvalue weighted by Gasteiger charge is -2.45. The third-order valence-electron chi connectivity index (χ3n) is 9.69. The molecule has 0 saturated carbocycles. The van der Waals surface area contributed by atoms with Crippen LogP contribution in [0.25, 0.3) is 0 Å². The third-order valence-corrected chi connectivity index (χ3v) is 9.69. The number of carbonyl (C=O) groups excluding carboxylic acids is 1. The molecule has 3 aromatic carbocycles. The van der Waals surface area contributed by atoms with Gasteiger partial charge >= 0.3 is 5.97 Å². The van der Waals surface area contributed by atoms with Crippen LogP contribution in [0.15, 0.2) is 84.9 Å². The first-order valence-corrected chi connectivity index (χ1v) is 18.3. The highest BCUT2D eigenvalue weighted by Crippen LogP contribution is 2.35. The van der Waals surface area contributed by atoms with E-state index in [-0.39, 0.29) is 36.5 Å². The van der Waals surface area contributed by atoms with Gasteiger partial charge in [0.15, 0.2) is 12.6 Å². The number of rotatable bonds is 14. The molecule has 3 fully saturated rings. The second-order valence-electron chi connectivity index (χ2n) is 13.7. The normalized spacial score (nSPS) is 32.1. The minimum atomic E-state index is -0.635. The van der Waals surface area contributed by atoms with Gasteiger partial charge in [-0.3, -0.25) is 4.79 Å². The molecule has 3 aliphatic heterocycles. The highest BCUT2D eigenvalue weighted by Gasteiger charge is 2.46. The Balaban J connectivity index is 1.15. The van der Waals surface area contributed by atoms with Crippen molar-refractivity contribution in [2.45, 2.75) is 134 Å². The Hall–Kier alpha value is -3.55. The molecule has 0 N–H and O–H groups in total. The van der Waals surface area contributed by atoms with E-state index in [1.807, 2.05) is 106 Å². The lowest BCUT2D eigenvalue weighted by atomic mass is 9.99. The number of methoxy groups -OCH3 is 1. The molecule has 3 aliphatic rings. The molecule has 0 spiro atoms. The summed E-state index contributed by atoms with van der Waals surface area (Å²) in [5, 5.41) is 0. The van der Waals surface area contributed by atoms with E-state index < -0.39 is 37.2 Å². The van der Waals surface area contributed by atoms with Gasteiger partial charge in [-0.1, -0.05) is 60.7 Å². The lowest BCUT2D eigenvalue weighted by Crippen LogP contribution is -2.56. The zero-order chi connectivity index (χ0) is 36.5.